The van der Waals surface area contributed by atoms with Crippen LogP contribution in [0.25, 0.3) is 0 Å². The Balaban J connectivity index is 0. The lowest BCUT2D eigenvalue weighted by Crippen LogP contribution is -2.14. The zero-order valence-corrected chi connectivity index (χ0v) is 9.99. The van der Waals surface area contributed by atoms with E-state index < -0.39 is 0 Å². The molecule has 1 nitrogen and oxygen atoms in total. The quantitative estimate of drug-likeness (QED) is 0.601. The molecule has 1 N–H and O–H groups in total. The first-order valence-electron chi connectivity index (χ1n) is 3.62. The van der Waals surface area contributed by atoms with Gasteiger partial charge in [-0.1, -0.05) is 29.8 Å². The third-order valence-corrected chi connectivity index (χ3v) is 1.66. The third-order valence-electron chi connectivity index (χ3n) is 1.21. The van der Waals surface area contributed by atoms with Crippen LogP contribution in [0.3, 0.4) is 0 Å². The Morgan fingerprint density at radius 3 is 2.50 bits per heavy atom. The van der Waals surface area contributed by atoms with E-state index in [0.29, 0.717) is 4.83 Å². The van der Waals surface area contributed by atoms with Crippen LogP contribution in [0.5, 0.6) is 0 Å². The summed E-state index contributed by atoms with van der Waals surface area (Å²) in [6.45, 7) is 6.58. The van der Waals surface area contributed by atoms with E-state index in [9.17, 15) is 0 Å². The van der Waals surface area contributed by atoms with Gasteiger partial charge in [0.15, 0.2) is 0 Å². The zero-order chi connectivity index (χ0) is 7.11. The maximum atomic E-state index is 3.50. The molecule has 3 heteroatoms. The van der Waals surface area contributed by atoms with Gasteiger partial charge >= 0.3 is 0 Å². The summed E-state index contributed by atoms with van der Waals surface area (Å²) in [5, 5.41) is 3.28. The van der Waals surface area contributed by atoms with E-state index in [1.54, 1.807) is 0 Å². The second-order valence-corrected chi connectivity index (χ2v) is 3.84. The Morgan fingerprint density at radius 2 is 2.10 bits per heavy atom. The van der Waals surface area contributed by atoms with Crippen molar-refractivity contribution in [1.29, 1.82) is 0 Å². The topological polar surface area (TPSA) is 12.0 Å². The fraction of sp³-hybridized carbons (Fsp3) is 1.00. The van der Waals surface area contributed by atoms with E-state index in [2.05, 4.69) is 35.1 Å². The van der Waals surface area contributed by atoms with Gasteiger partial charge in [-0.3, -0.25) is 0 Å². The monoisotopic (exact) mass is 273 g/mol. The summed E-state index contributed by atoms with van der Waals surface area (Å²) in [6, 6.07) is 0. The molecule has 10 heavy (non-hydrogen) atoms. The van der Waals surface area contributed by atoms with Gasteiger partial charge in [0.2, 0.25) is 0 Å². The van der Waals surface area contributed by atoms with Crippen LogP contribution < -0.4 is 5.32 Å². The van der Waals surface area contributed by atoms with Crippen molar-refractivity contribution in [2.45, 2.75) is 31.5 Å². The predicted molar refractivity (Wildman–Crippen MR) is 56.5 cm³/mol. The predicted octanol–water partition coefficient (Wildman–Crippen LogP) is 2.74. The van der Waals surface area contributed by atoms with Crippen molar-refractivity contribution in [1.82, 2.24) is 5.32 Å². The van der Waals surface area contributed by atoms with Crippen LogP contribution in [0.15, 0.2) is 0 Å². The van der Waals surface area contributed by atoms with E-state index in [1.807, 2.05) is 0 Å². The van der Waals surface area contributed by atoms with Gasteiger partial charge in [0.25, 0.3) is 0 Å². The van der Waals surface area contributed by atoms with E-state index in [-0.39, 0.29) is 17.0 Å². The van der Waals surface area contributed by atoms with Crippen molar-refractivity contribution in [3.8, 4) is 0 Å². The molecule has 0 aliphatic rings. The van der Waals surface area contributed by atoms with E-state index >= 15 is 0 Å². The van der Waals surface area contributed by atoms with Crippen LogP contribution in [0.1, 0.15) is 26.7 Å². The largest absolute Gasteiger partial charge is 0.317 e. The molecule has 0 aliphatic heterocycles. The standard InChI is InChI=1S/C7H16BrN.BrH/c1-3-9-6-4-5-7(2)8;/h7,9H,3-6H2,1-2H3;1H. The molecule has 0 aromatic rings. The highest BCUT2D eigenvalue weighted by molar-refractivity contribution is 9.09. The Morgan fingerprint density at radius 1 is 1.50 bits per heavy atom. The van der Waals surface area contributed by atoms with Crippen molar-refractivity contribution in [2.75, 3.05) is 13.1 Å². The molecule has 0 radical (unpaired) electrons. The average molecular weight is 275 g/mol. The number of alkyl halides is 1. The molecule has 64 valence electrons. The van der Waals surface area contributed by atoms with E-state index in [1.165, 1.54) is 12.8 Å². The molecule has 0 aromatic carbocycles. The van der Waals surface area contributed by atoms with Crippen molar-refractivity contribution in [3.05, 3.63) is 0 Å². The minimum Gasteiger partial charge on any atom is -0.317 e. The van der Waals surface area contributed by atoms with Gasteiger partial charge in [-0.15, -0.1) is 17.0 Å². The van der Waals surface area contributed by atoms with Crippen molar-refractivity contribution in [2.24, 2.45) is 0 Å². The molecule has 0 bridgehead atoms. The molecule has 0 heterocycles. The Labute approximate surface area is 82.9 Å². The lowest BCUT2D eigenvalue weighted by atomic mass is 10.2. The smallest absolute Gasteiger partial charge is 0.0118 e. The molecule has 0 aromatic heterocycles. The Bertz CT molecular complexity index is 57.6. The Kier molecular flexibility index (Phi) is 13.4. The van der Waals surface area contributed by atoms with Crippen LogP contribution >= 0.6 is 32.9 Å². The molecule has 0 rings (SSSR count). The van der Waals surface area contributed by atoms with Gasteiger partial charge in [-0.25, -0.2) is 0 Å². The SMILES string of the molecule is Br.CCNCCCC(C)Br. The number of hydrogen-bond acceptors (Lipinski definition) is 1. The third kappa shape index (κ3) is 11.7. The summed E-state index contributed by atoms with van der Waals surface area (Å²) in [6.07, 6.45) is 2.55. The van der Waals surface area contributed by atoms with E-state index in [4.69, 9.17) is 0 Å². The second-order valence-electron chi connectivity index (χ2n) is 2.28. The highest BCUT2D eigenvalue weighted by Crippen LogP contribution is 2.04. The highest BCUT2D eigenvalue weighted by Gasteiger charge is 1.92. The minimum atomic E-state index is 0. The first-order valence-corrected chi connectivity index (χ1v) is 4.53. The van der Waals surface area contributed by atoms with Gasteiger partial charge in [-0.05, 0) is 25.9 Å². The van der Waals surface area contributed by atoms with Crippen molar-refractivity contribution < 1.29 is 0 Å². The normalized spacial score (nSPS) is 12.3. The van der Waals surface area contributed by atoms with Crippen molar-refractivity contribution in [3.63, 3.8) is 0 Å². The molecule has 0 spiro atoms. The molecule has 0 amide bonds. The Hall–Kier alpha value is 0.920. The summed E-state index contributed by atoms with van der Waals surface area (Å²) in [5.41, 5.74) is 0. The van der Waals surface area contributed by atoms with Crippen LogP contribution in [0, 0.1) is 0 Å². The maximum absolute atomic E-state index is 3.50. The summed E-state index contributed by atoms with van der Waals surface area (Å²) in [4.78, 5) is 0.677. The maximum Gasteiger partial charge on any atom is 0.0118 e. The molecule has 0 saturated heterocycles. The molecule has 0 aliphatic carbocycles. The van der Waals surface area contributed by atoms with Gasteiger partial charge in [-0.2, -0.15) is 0 Å². The van der Waals surface area contributed by atoms with Crippen LogP contribution in [0.4, 0.5) is 0 Å². The van der Waals surface area contributed by atoms with Gasteiger partial charge < -0.3 is 5.32 Å². The molecular weight excluding hydrogens is 258 g/mol. The zero-order valence-electron chi connectivity index (χ0n) is 6.69. The lowest BCUT2D eigenvalue weighted by molar-refractivity contribution is 0.642. The summed E-state index contributed by atoms with van der Waals surface area (Å²) < 4.78 is 0. The van der Waals surface area contributed by atoms with E-state index in [0.717, 1.165) is 13.1 Å². The fourth-order valence-electron chi connectivity index (χ4n) is 0.685. The summed E-state index contributed by atoms with van der Waals surface area (Å²) >= 11 is 3.50. The van der Waals surface area contributed by atoms with Crippen molar-refractivity contribution >= 4 is 32.9 Å². The summed E-state index contributed by atoms with van der Waals surface area (Å²) in [7, 11) is 0. The van der Waals surface area contributed by atoms with Crippen LogP contribution in [-0.4, -0.2) is 17.9 Å². The molecule has 0 fully saturated rings. The first kappa shape index (κ1) is 13.5. The van der Waals surface area contributed by atoms with Crippen LogP contribution in [0.2, 0.25) is 0 Å². The second kappa shape index (κ2) is 9.92. The minimum absolute atomic E-state index is 0. The molecule has 0 saturated carbocycles. The fourth-order valence-corrected chi connectivity index (χ4v) is 1.01. The number of hydrogen-bond donors (Lipinski definition) is 1. The van der Waals surface area contributed by atoms with Gasteiger partial charge in [0.1, 0.15) is 0 Å². The summed E-state index contributed by atoms with van der Waals surface area (Å²) in [5.74, 6) is 0. The number of nitrogens with one attached hydrogen (secondary N) is 1. The molecule has 1 atom stereocenters. The molecule has 1 unspecified atom stereocenters. The molecular formula is C7H17Br2N. The van der Waals surface area contributed by atoms with Gasteiger partial charge in [0.05, 0.1) is 0 Å². The first-order chi connectivity index (χ1) is 4.27. The van der Waals surface area contributed by atoms with Gasteiger partial charge in [0, 0.05) is 4.83 Å². The average Bonchev–Trinajstić information content (AvgIpc) is 1.80. The number of rotatable bonds is 5. The number of halogens is 2. The van der Waals surface area contributed by atoms with Crippen LogP contribution in [-0.2, 0) is 0 Å². The lowest BCUT2D eigenvalue weighted by Gasteiger charge is -2.02. The highest BCUT2D eigenvalue weighted by atomic mass is 79.9.